The Balaban J connectivity index is 2.16. The molecule has 0 aromatic heterocycles. The van der Waals surface area contributed by atoms with Crippen LogP contribution in [0.15, 0.2) is 12.2 Å². The molecule has 2 heteroatoms. The van der Waals surface area contributed by atoms with Gasteiger partial charge in [-0.25, -0.2) is 0 Å². The van der Waals surface area contributed by atoms with Crippen LogP contribution in [0.2, 0.25) is 0 Å². The van der Waals surface area contributed by atoms with Crippen LogP contribution in [0.3, 0.4) is 0 Å². The standard InChI is InChI=1S/C10H14O2/c1-8(11)12-10-6-2-4-9(10)5-3-7-10/h2,6,9H,3-5,7H2,1H3. The van der Waals surface area contributed by atoms with Crippen molar-refractivity contribution in [3.63, 3.8) is 0 Å². The third-order valence-electron chi connectivity index (χ3n) is 2.97. The van der Waals surface area contributed by atoms with E-state index in [1.807, 2.05) is 0 Å². The Morgan fingerprint density at radius 1 is 1.67 bits per heavy atom. The average molecular weight is 166 g/mol. The van der Waals surface area contributed by atoms with Crippen molar-refractivity contribution in [3.8, 4) is 0 Å². The largest absolute Gasteiger partial charge is 0.455 e. The number of hydrogen-bond donors (Lipinski definition) is 0. The van der Waals surface area contributed by atoms with Gasteiger partial charge in [0.1, 0.15) is 5.60 Å². The first-order valence-corrected chi connectivity index (χ1v) is 4.60. The summed E-state index contributed by atoms with van der Waals surface area (Å²) in [4.78, 5) is 10.9. The molecular weight excluding hydrogens is 152 g/mol. The number of allylic oxidation sites excluding steroid dienone is 1. The molecule has 1 fully saturated rings. The summed E-state index contributed by atoms with van der Waals surface area (Å²) in [5.74, 6) is 0.426. The minimum Gasteiger partial charge on any atom is -0.455 e. The van der Waals surface area contributed by atoms with E-state index in [0.29, 0.717) is 5.92 Å². The van der Waals surface area contributed by atoms with Crippen LogP contribution in [0.4, 0.5) is 0 Å². The Morgan fingerprint density at radius 3 is 3.25 bits per heavy atom. The molecule has 66 valence electrons. The average Bonchev–Trinajstić information content (AvgIpc) is 2.42. The van der Waals surface area contributed by atoms with Crippen molar-refractivity contribution < 1.29 is 9.53 Å². The van der Waals surface area contributed by atoms with Gasteiger partial charge in [0, 0.05) is 12.8 Å². The van der Waals surface area contributed by atoms with Gasteiger partial charge in [-0.2, -0.15) is 0 Å². The lowest BCUT2D eigenvalue weighted by Gasteiger charge is -2.27. The zero-order valence-electron chi connectivity index (χ0n) is 7.38. The van der Waals surface area contributed by atoms with Crippen molar-refractivity contribution in [2.24, 2.45) is 5.92 Å². The van der Waals surface area contributed by atoms with Crippen LogP contribution < -0.4 is 0 Å². The Bertz CT molecular complexity index is 232. The van der Waals surface area contributed by atoms with Gasteiger partial charge in [-0.05, 0) is 31.8 Å². The van der Waals surface area contributed by atoms with Crippen molar-refractivity contribution in [1.29, 1.82) is 0 Å². The Labute approximate surface area is 72.6 Å². The highest BCUT2D eigenvalue weighted by Crippen LogP contribution is 2.45. The maximum atomic E-state index is 10.9. The summed E-state index contributed by atoms with van der Waals surface area (Å²) < 4.78 is 5.40. The molecule has 0 saturated heterocycles. The van der Waals surface area contributed by atoms with Gasteiger partial charge >= 0.3 is 5.97 Å². The third kappa shape index (κ3) is 1.06. The molecule has 1 saturated carbocycles. The smallest absolute Gasteiger partial charge is 0.303 e. The molecule has 0 bridgehead atoms. The van der Waals surface area contributed by atoms with Crippen molar-refractivity contribution >= 4 is 5.97 Å². The van der Waals surface area contributed by atoms with Crippen LogP contribution in [0.5, 0.6) is 0 Å². The lowest BCUT2D eigenvalue weighted by molar-refractivity contribution is -0.154. The molecule has 0 amide bonds. The molecule has 2 atom stereocenters. The molecule has 0 aromatic rings. The lowest BCUT2D eigenvalue weighted by Crippen LogP contribution is -2.33. The van der Waals surface area contributed by atoms with Crippen LogP contribution in [0.1, 0.15) is 32.6 Å². The molecule has 12 heavy (non-hydrogen) atoms. The normalized spacial score (nSPS) is 38.2. The summed E-state index contributed by atoms with van der Waals surface area (Å²) in [6.45, 7) is 1.50. The van der Waals surface area contributed by atoms with E-state index in [0.717, 1.165) is 12.8 Å². The Hall–Kier alpha value is -0.790. The molecule has 2 nitrogen and oxygen atoms in total. The molecule has 0 radical (unpaired) electrons. The van der Waals surface area contributed by atoms with Gasteiger partial charge in [-0.15, -0.1) is 0 Å². The number of carbonyl (C=O) groups excluding carboxylic acids is 1. The van der Waals surface area contributed by atoms with Gasteiger partial charge in [0.2, 0.25) is 0 Å². The second-order valence-corrected chi connectivity index (χ2v) is 3.78. The molecule has 0 spiro atoms. The van der Waals surface area contributed by atoms with Crippen molar-refractivity contribution in [2.45, 2.75) is 38.2 Å². The van der Waals surface area contributed by atoms with Crippen LogP contribution >= 0.6 is 0 Å². The summed E-state index contributed by atoms with van der Waals surface area (Å²) in [6, 6.07) is 0. The highest BCUT2D eigenvalue weighted by molar-refractivity contribution is 5.67. The Morgan fingerprint density at radius 2 is 2.50 bits per heavy atom. The van der Waals surface area contributed by atoms with Gasteiger partial charge in [0.15, 0.2) is 0 Å². The van der Waals surface area contributed by atoms with E-state index in [1.165, 1.54) is 19.8 Å². The summed E-state index contributed by atoms with van der Waals surface area (Å²) >= 11 is 0. The number of hydrogen-bond acceptors (Lipinski definition) is 2. The van der Waals surface area contributed by atoms with Crippen LogP contribution in [-0.2, 0) is 9.53 Å². The van der Waals surface area contributed by atoms with E-state index in [4.69, 9.17) is 4.74 Å². The number of fused-ring (bicyclic) bond motifs is 1. The molecule has 0 aromatic carbocycles. The second-order valence-electron chi connectivity index (χ2n) is 3.78. The molecule has 0 N–H and O–H groups in total. The first-order chi connectivity index (χ1) is 5.73. The molecule has 2 unspecified atom stereocenters. The SMILES string of the molecule is CC(=O)OC12C=CCC1CCC2. The fourth-order valence-electron chi connectivity index (χ4n) is 2.48. The van der Waals surface area contributed by atoms with E-state index in [9.17, 15) is 4.79 Å². The monoisotopic (exact) mass is 166 g/mol. The molecule has 0 heterocycles. The van der Waals surface area contributed by atoms with Crippen molar-refractivity contribution in [1.82, 2.24) is 0 Å². The first kappa shape index (κ1) is 7.84. The number of esters is 1. The fourth-order valence-corrected chi connectivity index (χ4v) is 2.48. The minimum atomic E-state index is -0.203. The molecule has 0 aliphatic heterocycles. The molecule has 2 aliphatic carbocycles. The van der Waals surface area contributed by atoms with Crippen molar-refractivity contribution in [3.05, 3.63) is 12.2 Å². The lowest BCUT2D eigenvalue weighted by atomic mass is 9.94. The summed E-state index contributed by atoms with van der Waals surface area (Å²) in [5, 5.41) is 0. The summed E-state index contributed by atoms with van der Waals surface area (Å²) in [6.07, 6.45) is 8.75. The highest BCUT2D eigenvalue weighted by atomic mass is 16.6. The van der Waals surface area contributed by atoms with E-state index < -0.39 is 0 Å². The Kier molecular flexibility index (Phi) is 1.71. The summed E-state index contributed by atoms with van der Waals surface area (Å²) in [5.41, 5.74) is -0.203. The van der Waals surface area contributed by atoms with Crippen LogP contribution in [0, 0.1) is 5.92 Å². The van der Waals surface area contributed by atoms with E-state index in [1.54, 1.807) is 0 Å². The van der Waals surface area contributed by atoms with Gasteiger partial charge in [0.05, 0.1) is 0 Å². The topological polar surface area (TPSA) is 26.3 Å². The van der Waals surface area contributed by atoms with Gasteiger partial charge in [-0.1, -0.05) is 6.08 Å². The maximum absolute atomic E-state index is 10.9. The molecule has 2 aliphatic rings. The number of ether oxygens (including phenoxy) is 1. The van der Waals surface area contributed by atoms with Crippen molar-refractivity contribution in [2.75, 3.05) is 0 Å². The van der Waals surface area contributed by atoms with Crippen LogP contribution in [0.25, 0.3) is 0 Å². The molecule has 2 rings (SSSR count). The van der Waals surface area contributed by atoms with E-state index in [-0.39, 0.29) is 11.6 Å². The zero-order chi connectivity index (χ0) is 8.60. The van der Waals surface area contributed by atoms with E-state index in [2.05, 4.69) is 12.2 Å². The fraction of sp³-hybridized carbons (Fsp3) is 0.700. The summed E-state index contributed by atoms with van der Waals surface area (Å²) in [7, 11) is 0. The minimum absolute atomic E-state index is 0.145. The first-order valence-electron chi connectivity index (χ1n) is 4.60. The highest BCUT2D eigenvalue weighted by Gasteiger charge is 2.45. The third-order valence-corrected chi connectivity index (χ3v) is 2.97. The molecular formula is C10H14O2. The van der Waals surface area contributed by atoms with Gasteiger partial charge in [-0.3, -0.25) is 4.79 Å². The quantitative estimate of drug-likeness (QED) is 0.440. The number of rotatable bonds is 1. The maximum Gasteiger partial charge on any atom is 0.303 e. The zero-order valence-corrected chi connectivity index (χ0v) is 7.38. The second kappa shape index (κ2) is 2.61. The predicted molar refractivity (Wildman–Crippen MR) is 45.6 cm³/mol. The van der Waals surface area contributed by atoms with Gasteiger partial charge < -0.3 is 4.74 Å². The van der Waals surface area contributed by atoms with Crippen LogP contribution in [-0.4, -0.2) is 11.6 Å². The number of carbonyl (C=O) groups is 1. The van der Waals surface area contributed by atoms with Gasteiger partial charge in [0.25, 0.3) is 0 Å². The van der Waals surface area contributed by atoms with E-state index >= 15 is 0 Å². The predicted octanol–water partition coefficient (Wildman–Crippen LogP) is 2.05.